The molecule has 0 N–H and O–H groups in total. The van der Waals surface area contributed by atoms with Crippen molar-refractivity contribution in [2.75, 3.05) is 20.3 Å². The normalized spacial score (nSPS) is 15.2. The molecule has 0 atom stereocenters. The number of amides is 1. The Kier molecular flexibility index (Phi) is 9.56. The molecule has 0 radical (unpaired) electrons. The Balaban J connectivity index is 1.50. The van der Waals surface area contributed by atoms with Crippen molar-refractivity contribution >= 4 is 63.8 Å². The molecule has 10 heteroatoms. The van der Waals surface area contributed by atoms with E-state index in [1.165, 1.54) is 16.7 Å². The number of hydrogen-bond donors (Lipinski definition) is 0. The Bertz CT molecular complexity index is 1440. The zero-order chi connectivity index (χ0) is 27.9. The summed E-state index contributed by atoms with van der Waals surface area (Å²) in [5.41, 5.74) is 2.72. The number of benzene rings is 3. The van der Waals surface area contributed by atoms with Gasteiger partial charge in [-0.1, -0.05) is 35.3 Å². The fourth-order valence-corrected chi connectivity index (χ4v) is 4.90. The van der Waals surface area contributed by atoms with Gasteiger partial charge in [0.05, 0.1) is 39.4 Å². The lowest BCUT2D eigenvalue weighted by Gasteiger charge is -2.13. The summed E-state index contributed by atoms with van der Waals surface area (Å²) < 4.78 is 16.8. The molecule has 1 heterocycles. The van der Waals surface area contributed by atoms with Gasteiger partial charge in [-0.25, -0.2) is 9.79 Å². The molecule has 4 rings (SSSR count). The van der Waals surface area contributed by atoms with Crippen LogP contribution < -0.4 is 9.47 Å². The van der Waals surface area contributed by atoms with E-state index in [1.807, 2.05) is 31.2 Å². The molecule has 3 aromatic rings. The predicted octanol–water partition coefficient (Wildman–Crippen LogP) is 7.38. The third-order valence-electron chi connectivity index (χ3n) is 5.55. The summed E-state index contributed by atoms with van der Waals surface area (Å²) in [6.45, 7) is 4.69. The van der Waals surface area contributed by atoms with Crippen LogP contribution in [-0.4, -0.2) is 42.2 Å². The topological polar surface area (TPSA) is 77.4 Å². The van der Waals surface area contributed by atoms with E-state index in [0.29, 0.717) is 56.1 Å². The van der Waals surface area contributed by atoms with Gasteiger partial charge in [-0.15, -0.1) is 0 Å². The number of ether oxygens (including phenoxy) is 3. The van der Waals surface area contributed by atoms with Crippen molar-refractivity contribution in [1.29, 1.82) is 0 Å². The molecule has 7 nitrogen and oxygen atoms in total. The van der Waals surface area contributed by atoms with Crippen molar-refractivity contribution in [1.82, 2.24) is 4.90 Å². The smallest absolute Gasteiger partial charge is 0.338 e. The van der Waals surface area contributed by atoms with Crippen LogP contribution in [0.25, 0.3) is 6.08 Å². The zero-order valence-electron chi connectivity index (χ0n) is 21.6. The number of hydrogen-bond acceptors (Lipinski definition) is 7. The summed E-state index contributed by atoms with van der Waals surface area (Å²) in [5, 5.41) is 1.48. The maximum atomic E-state index is 12.9. The number of thioether (sulfide) groups is 1. The first-order valence-corrected chi connectivity index (χ1v) is 13.7. The highest BCUT2D eigenvalue weighted by molar-refractivity contribution is 8.18. The van der Waals surface area contributed by atoms with Crippen LogP contribution in [0.3, 0.4) is 0 Å². The largest absolute Gasteiger partial charge is 0.490 e. The number of carbonyl (C=O) groups is 2. The SMILES string of the molecule is CCOC(=O)c1ccc(N=C2S/C(=C\c3ccc(OCc4ccc(Cl)c(Cl)c4)c(OCC)c3)C(=O)N2C)cc1. The number of nitrogens with zero attached hydrogens (tertiary/aromatic N) is 2. The first kappa shape index (κ1) is 28.5. The summed E-state index contributed by atoms with van der Waals surface area (Å²) in [4.78, 5) is 31.4. The van der Waals surface area contributed by atoms with Crippen molar-refractivity contribution in [3.63, 3.8) is 0 Å². The Morgan fingerprint density at radius 2 is 1.72 bits per heavy atom. The molecule has 1 aliphatic heterocycles. The van der Waals surface area contributed by atoms with Crippen LogP contribution in [-0.2, 0) is 16.1 Å². The van der Waals surface area contributed by atoms with E-state index < -0.39 is 0 Å². The Morgan fingerprint density at radius 3 is 2.41 bits per heavy atom. The number of halogens is 2. The van der Waals surface area contributed by atoms with Crippen molar-refractivity contribution in [3.05, 3.63) is 92.3 Å². The Morgan fingerprint density at radius 1 is 0.949 bits per heavy atom. The van der Waals surface area contributed by atoms with Crippen LogP contribution in [0.2, 0.25) is 10.0 Å². The van der Waals surface area contributed by atoms with E-state index in [0.717, 1.165) is 11.1 Å². The molecule has 0 bridgehead atoms. The van der Waals surface area contributed by atoms with Crippen molar-refractivity contribution in [2.24, 2.45) is 4.99 Å². The fraction of sp³-hybridized carbons (Fsp3) is 0.207. The molecule has 0 aromatic heterocycles. The number of rotatable bonds is 9. The Hall–Kier alpha value is -3.46. The van der Waals surface area contributed by atoms with E-state index in [1.54, 1.807) is 56.4 Å². The lowest BCUT2D eigenvalue weighted by atomic mass is 10.1. The van der Waals surface area contributed by atoms with Gasteiger partial charge in [0.15, 0.2) is 16.7 Å². The molecular formula is C29H26Cl2N2O5S. The highest BCUT2D eigenvalue weighted by Crippen LogP contribution is 2.36. The van der Waals surface area contributed by atoms with Gasteiger partial charge in [0.2, 0.25) is 0 Å². The number of aliphatic imine (C=N–C) groups is 1. The highest BCUT2D eigenvalue weighted by atomic mass is 35.5. The summed E-state index contributed by atoms with van der Waals surface area (Å²) in [7, 11) is 1.67. The van der Waals surface area contributed by atoms with Gasteiger partial charge in [0.1, 0.15) is 6.61 Å². The molecule has 1 saturated heterocycles. The molecule has 1 aliphatic rings. The van der Waals surface area contributed by atoms with Crippen LogP contribution in [0, 0.1) is 0 Å². The van der Waals surface area contributed by atoms with E-state index in [4.69, 9.17) is 37.4 Å². The average Bonchev–Trinajstić information content (AvgIpc) is 3.18. The van der Waals surface area contributed by atoms with Gasteiger partial charge in [-0.3, -0.25) is 9.69 Å². The molecule has 1 amide bonds. The molecule has 1 fully saturated rings. The van der Waals surface area contributed by atoms with E-state index in [-0.39, 0.29) is 18.5 Å². The van der Waals surface area contributed by atoms with Crippen molar-refractivity contribution in [2.45, 2.75) is 20.5 Å². The lowest BCUT2D eigenvalue weighted by molar-refractivity contribution is -0.121. The number of likely N-dealkylation sites (N-methyl/N-ethyl adjacent to an activating group) is 1. The molecular weight excluding hydrogens is 559 g/mol. The molecule has 0 saturated carbocycles. The molecule has 39 heavy (non-hydrogen) atoms. The average molecular weight is 586 g/mol. The van der Waals surface area contributed by atoms with Crippen LogP contribution in [0.5, 0.6) is 11.5 Å². The van der Waals surface area contributed by atoms with Crippen molar-refractivity contribution < 1.29 is 23.8 Å². The molecule has 202 valence electrons. The minimum Gasteiger partial charge on any atom is -0.490 e. The molecule has 0 aliphatic carbocycles. The van der Waals surface area contributed by atoms with Crippen LogP contribution >= 0.6 is 35.0 Å². The fourth-order valence-electron chi connectivity index (χ4n) is 3.59. The number of amidine groups is 1. The Labute approximate surface area is 241 Å². The van der Waals surface area contributed by atoms with E-state index >= 15 is 0 Å². The maximum Gasteiger partial charge on any atom is 0.338 e. The number of carbonyl (C=O) groups excluding carboxylic acids is 2. The summed E-state index contributed by atoms with van der Waals surface area (Å²) in [6.07, 6.45) is 1.79. The van der Waals surface area contributed by atoms with E-state index in [2.05, 4.69) is 4.99 Å². The first-order valence-electron chi connectivity index (χ1n) is 12.2. The van der Waals surface area contributed by atoms with Gasteiger partial charge in [0, 0.05) is 7.05 Å². The van der Waals surface area contributed by atoms with Gasteiger partial charge >= 0.3 is 5.97 Å². The zero-order valence-corrected chi connectivity index (χ0v) is 23.9. The minimum absolute atomic E-state index is 0.167. The van der Waals surface area contributed by atoms with Gasteiger partial charge < -0.3 is 14.2 Å². The highest BCUT2D eigenvalue weighted by Gasteiger charge is 2.30. The van der Waals surface area contributed by atoms with Gasteiger partial charge in [-0.05, 0) is 91.3 Å². The van der Waals surface area contributed by atoms with Gasteiger partial charge in [0.25, 0.3) is 5.91 Å². The standard InChI is InChI=1S/C29H26Cl2N2O5S/c1-4-36-25-15-18(7-13-24(25)38-17-19-6-12-22(30)23(31)14-19)16-26-27(34)33(3)29(39-26)32-21-10-8-20(9-11-21)28(35)37-5-2/h6-16H,4-5,17H2,1-3H3/b26-16-,32-29?. The minimum atomic E-state index is -0.387. The summed E-state index contributed by atoms with van der Waals surface area (Å²) in [6, 6.07) is 17.6. The summed E-state index contributed by atoms with van der Waals surface area (Å²) >= 11 is 13.4. The second-order valence-electron chi connectivity index (χ2n) is 8.31. The summed E-state index contributed by atoms with van der Waals surface area (Å²) in [5.74, 6) is 0.578. The lowest BCUT2D eigenvalue weighted by Crippen LogP contribution is -2.23. The van der Waals surface area contributed by atoms with Gasteiger partial charge in [-0.2, -0.15) is 0 Å². The second kappa shape index (κ2) is 13.1. The third-order valence-corrected chi connectivity index (χ3v) is 7.35. The van der Waals surface area contributed by atoms with E-state index in [9.17, 15) is 9.59 Å². The molecule has 3 aromatic carbocycles. The van der Waals surface area contributed by atoms with Crippen LogP contribution in [0.1, 0.15) is 35.3 Å². The molecule has 0 spiro atoms. The second-order valence-corrected chi connectivity index (χ2v) is 10.1. The maximum absolute atomic E-state index is 12.9. The molecule has 0 unspecified atom stereocenters. The third kappa shape index (κ3) is 7.15. The van der Waals surface area contributed by atoms with Crippen LogP contribution in [0.4, 0.5) is 5.69 Å². The number of esters is 1. The van der Waals surface area contributed by atoms with Crippen LogP contribution in [0.15, 0.2) is 70.6 Å². The predicted molar refractivity (Wildman–Crippen MR) is 156 cm³/mol. The van der Waals surface area contributed by atoms with Crippen molar-refractivity contribution in [3.8, 4) is 11.5 Å². The first-order chi connectivity index (χ1) is 18.8. The monoisotopic (exact) mass is 584 g/mol. The quantitative estimate of drug-likeness (QED) is 0.193.